The number of carbonyl (C=O) groups is 3. The number of rotatable bonds is 4. The molecule has 17 heavy (non-hydrogen) atoms. The molecule has 0 unspecified atom stereocenters. The van der Waals surface area contributed by atoms with E-state index in [4.69, 9.17) is 17.2 Å². The third kappa shape index (κ3) is 2.79. The molecule has 0 aromatic heterocycles. The van der Waals surface area contributed by atoms with Crippen molar-refractivity contribution in [3.63, 3.8) is 0 Å². The zero-order chi connectivity index (χ0) is 13.0. The largest absolute Gasteiger partial charge is 0.366 e. The molecule has 1 rings (SSSR count). The van der Waals surface area contributed by atoms with Gasteiger partial charge in [-0.15, -0.1) is 0 Å². The van der Waals surface area contributed by atoms with Crippen LogP contribution in [0.1, 0.15) is 20.7 Å². The summed E-state index contributed by atoms with van der Waals surface area (Å²) in [5.74, 6) is -2.11. The van der Waals surface area contributed by atoms with Crippen LogP contribution in [0, 0.1) is 0 Å². The van der Waals surface area contributed by atoms with Crippen molar-refractivity contribution in [1.29, 1.82) is 0 Å². The lowest BCUT2D eigenvalue weighted by Gasteiger charge is -2.11. The maximum Gasteiger partial charge on any atom is 0.250 e. The molecule has 7 nitrogen and oxygen atoms in total. The molecule has 7 heteroatoms. The minimum absolute atomic E-state index is 0.00287. The van der Waals surface area contributed by atoms with E-state index in [1.54, 1.807) is 0 Å². The van der Waals surface area contributed by atoms with Crippen LogP contribution in [0.15, 0.2) is 18.2 Å². The maximum atomic E-state index is 11.2. The first kappa shape index (κ1) is 12.7. The van der Waals surface area contributed by atoms with Gasteiger partial charge in [0, 0.05) is 0 Å². The summed E-state index contributed by atoms with van der Waals surface area (Å²) in [5, 5.41) is 2.33. The van der Waals surface area contributed by atoms with Gasteiger partial charge in [0.25, 0.3) is 11.8 Å². The number of anilines is 1. The summed E-state index contributed by atoms with van der Waals surface area (Å²) in [6.07, 6.45) is 0. The Kier molecular flexibility index (Phi) is 3.78. The topological polar surface area (TPSA) is 141 Å². The number of para-hydroxylation sites is 1. The molecule has 0 aliphatic heterocycles. The van der Waals surface area contributed by atoms with Gasteiger partial charge in [-0.3, -0.25) is 14.4 Å². The Bertz CT molecular complexity index is 452. The van der Waals surface area contributed by atoms with Gasteiger partial charge < -0.3 is 22.5 Å². The molecular formula is C10H12N4O3. The van der Waals surface area contributed by atoms with Crippen molar-refractivity contribution in [3.05, 3.63) is 29.3 Å². The molecule has 90 valence electrons. The Balaban J connectivity index is 3.33. The van der Waals surface area contributed by atoms with Crippen LogP contribution in [0.5, 0.6) is 0 Å². The Morgan fingerprint density at radius 1 is 1.06 bits per heavy atom. The smallest absolute Gasteiger partial charge is 0.250 e. The van der Waals surface area contributed by atoms with Crippen LogP contribution in [0.2, 0.25) is 0 Å². The van der Waals surface area contributed by atoms with Crippen molar-refractivity contribution < 1.29 is 14.4 Å². The number of primary amides is 2. The molecule has 3 amide bonds. The molecule has 0 atom stereocenters. The molecule has 0 aliphatic rings. The molecule has 0 spiro atoms. The van der Waals surface area contributed by atoms with E-state index in [9.17, 15) is 14.4 Å². The van der Waals surface area contributed by atoms with E-state index in [0.717, 1.165) is 0 Å². The van der Waals surface area contributed by atoms with E-state index in [-0.39, 0.29) is 23.4 Å². The first-order valence-corrected chi connectivity index (χ1v) is 4.70. The molecule has 1 aromatic rings. The van der Waals surface area contributed by atoms with E-state index >= 15 is 0 Å². The fourth-order valence-electron chi connectivity index (χ4n) is 1.29. The lowest BCUT2D eigenvalue weighted by molar-refractivity contribution is -0.114. The Labute approximate surface area is 96.9 Å². The molecule has 0 radical (unpaired) electrons. The van der Waals surface area contributed by atoms with Crippen LogP contribution in [0.4, 0.5) is 5.69 Å². The SMILES string of the molecule is NCC(=O)Nc1c(C(N)=O)cccc1C(N)=O. The average molecular weight is 236 g/mol. The maximum absolute atomic E-state index is 11.2. The quantitative estimate of drug-likeness (QED) is 0.519. The number of hydrogen-bond donors (Lipinski definition) is 4. The van der Waals surface area contributed by atoms with Crippen LogP contribution in [-0.4, -0.2) is 24.3 Å². The molecule has 0 heterocycles. The molecule has 0 bridgehead atoms. The van der Waals surface area contributed by atoms with Crippen LogP contribution in [0.3, 0.4) is 0 Å². The van der Waals surface area contributed by atoms with Crippen molar-refractivity contribution in [3.8, 4) is 0 Å². The number of amides is 3. The monoisotopic (exact) mass is 236 g/mol. The zero-order valence-electron chi connectivity index (χ0n) is 8.90. The molecule has 0 saturated carbocycles. The van der Waals surface area contributed by atoms with Crippen molar-refractivity contribution in [2.75, 3.05) is 11.9 Å². The number of nitrogens with one attached hydrogen (secondary N) is 1. The van der Waals surface area contributed by atoms with Crippen LogP contribution in [-0.2, 0) is 4.79 Å². The van der Waals surface area contributed by atoms with Crippen molar-refractivity contribution >= 4 is 23.4 Å². The number of benzene rings is 1. The molecule has 0 fully saturated rings. The Morgan fingerprint density at radius 2 is 1.53 bits per heavy atom. The first-order chi connectivity index (χ1) is 7.97. The predicted molar refractivity (Wildman–Crippen MR) is 61.2 cm³/mol. The third-order valence-electron chi connectivity index (χ3n) is 2.05. The lowest BCUT2D eigenvalue weighted by Crippen LogP contribution is -2.26. The van der Waals surface area contributed by atoms with Crippen molar-refractivity contribution in [1.82, 2.24) is 0 Å². The van der Waals surface area contributed by atoms with Gasteiger partial charge in [0.05, 0.1) is 23.4 Å². The summed E-state index contributed by atoms with van der Waals surface area (Å²) in [6, 6.07) is 4.19. The Hall–Kier alpha value is -2.41. The van der Waals surface area contributed by atoms with Gasteiger partial charge in [0.1, 0.15) is 0 Å². The highest BCUT2D eigenvalue weighted by atomic mass is 16.2. The molecular weight excluding hydrogens is 224 g/mol. The number of carbonyl (C=O) groups excluding carboxylic acids is 3. The second-order valence-electron chi connectivity index (χ2n) is 3.21. The van der Waals surface area contributed by atoms with E-state index in [1.807, 2.05) is 0 Å². The van der Waals surface area contributed by atoms with E-state index in [2.05, 4.69) is 5.32 Å². The molecule has 7 N–H and O–H groups in total. The highest BCUT2D eigenvalue weighted by molar-refractivity contribution is 6.10. The van der Waals surface area contributed by atoms with Crippen molar-refractivity contribution in [2.45, 2.75) is 0 Å². The number of nitrogens with two attached hydrogens (primary N) is 3. The molecule has 1 aromatic carbocycles. The fraction of sp³-hybridized carbons (Fsp3) is 0.100. The minimum Gasteiger partial charge on any atom is -0.366 e. The summed E-state index contributed by atoms with van der Waals surface area (Å²) in [5.41, 5.74) is 15.4. The standard InChI is InChI=1S/C10H12N4O3/c11-4-7(15)14-8-5(9(12)16)2-1-3-6(8)10(13)17/h1-3H,4,11H2,(H2,12,16)(H2,13,17)(H,14,15). The average Bonchev–Trinajstić information content (AvgIpc) is 2.28. The van der Waals surface area contributed by atoms with Crippen molar-refractivity contribution in [2.24, 2.45) is 17.2 Å². The highest BCUT2D eigenvalue weighted by Crippen LogP contribution is 2.20. The Morgan fingerprint density at radius 3 is 1.88 bits per heavy atom. The van der Waals surface area contributed by atoms with Crippen LogP contribution < -0.4 is 22.5 Å². The molecule has 0 saturated heterocycles. The number of hydrogen-bond acceptors (Lipinski definition) is 4. The minimum atomic E-state index is -0.777. The zero-order valence-corrected chi connectivity index (χ0v) is 8.90. The van der Waals surface area contributed by atoms with Gasteiger partial charge in [0.15, 0.2) is 0 Å². The van der Waals surface area contributed by atoms with Crippen LogP contribution in [0.25, 0.3) is 0 Å². The lowest BCUT2D eigenvalue weighted by atomic mass is 10.1. The van der Waals surface area contributed by atoms with Gasteiger partial charge in [-0.1, -0.05) is 6.07 Å². The van der Waals surface area contributed by atoms with E-state index in [1.165, 1.54) is 18.2 Å². The summed E-state index contributed by atoms with van der Waals surface area (Å²) < 4.78 is 0. The normalized spacial score (nSPS) is 9.71. The van der Waals surface area contributed by atoms with Gasteiger partial charge in [-0.25, -0.2) is 0 Å². The summed E-state index contributed by atoms with van der Waals surface area (Å²) in [7, 11) is 0. The fourth-order valence-corrected chi connectivity index (χ4v) is 1.29. The summed E-state index contributed by atoms with van der Waals surface area (Å²) >= 11 is 0. The predicted octanol–water partition coefficient (Wildman–Crippen LogP) is -1.22. The van der Waals surface area contributed by atoms with Crippen LogP contribution >= 0.6 is 0 Å². The third-order valence-corrected chi connectivity index (χ3v) is 2.05. The van der Waals surface area contributed by atoms with Gasteiger partial charge >= 0.3 is 0 Å². The molecule has 0 aliphatic carbocycles. The van der Waals surface area contributed by atoms with Gasteiger partial charge in [-0.2, -0.15) is 0 Å². The second kappa shape index (κ2) is 5.08. The highest BCUT2D eigenvalue weighted by Gasteiger charge is 2.17. The summed E-state index contributed by atoms with van der Waals surface area (Å²) in [6.45, 7) is -0.286. The van der Waals surface area contributed by atoms with Gasteiger partial charge in [-0.05, 0) is 12.1 Å². The second-order valence-corrected chi connectivity index (χ2v) is 3.21. The van der Waals surface area contributed by atoms with E-state index in [0.29, 0.717) is 0 Å². The first-order valence-electron chi connectivity index (χ1n) is 4.70. The van der Waals surface area contributed by atoms with E-state index < -0.39 is 17.7 Å². The van der Waals surface area contributed by atoms with Gasteiger partial charge in [0.2, 0.25) is 5.91 Å². The summed E-state index contributed by atoms with van der Waals surface area (Å²) in [4.78, 5) is 33.5.